The highest BCUT2D eigenvalue weighted by molar-refractivity contribution is 5.84. The van der Waals surface area contributed by atoms with Crippen LogP contribution in [0, 0.1) is 5.92 Å². The number of aryl methyl sites for hydroxylation is 1. The van der Waals surface area contributed by atoms with Crippen molar-refractivity contribution in [1.82, 2.24) is 0 Å². The topological polar surface area (TPSA) is 0 Å². The normalized spacial score (nSPS) is 22.9. The molecule has 2 aromatic carbocycles. The maximum absolute atomic E-state index is 2.44. The summed E-state index contributed by atoms with van der Waals surface area (Å²) >= 11 is 0. The van der Waals surface area contributed by atoms with Crippen molar-refractivity contribution in [2.75, 3.05) is 0 Å². The summed E-state index contributed by atoms with van der Waals surface area (Å²) in [5.74, 6) is 0.613. The number of hydrogen-bond donors (Lipinski definition) is 0. The van der Waals surface area contributed by atoms with Crippen LogP contribution in [0.4, 0.5) is 0 Å². The maximum atomic E-state index is 2.44. The van der Waals surface area contributed by atoms with Crippen LogP contribution in [-0.4, -0.2) is 0 Å². The Hall–Kier alpha value is -1.56. The molecule has 4 rings (SSSR count). The van der Waals surface area contributed by atoms with Crippen LogP contribution in [0.2, 0.25) is 0 Å². The molecule has 1 unspecified atom stereocenters. The second kappa shape index (κ2) is 4.47. The van der Waals surface area contributed by atoms with Gasteiger partial charge in [0.25, 0.3) is 0 Å². The van der Waals surface area contributed by atoms with E-state index in [0.717, 1.165) is 0 Å². The zero-order valence-corrected chi connectivity index (χ0v) is 13.4. The van der Waals surface area contributed by atoms with Gasteiger partial charge in [0, 0.05) is 5.41 Å². The van der Waals surface area contributed by atoms with Crippen LogP contribution in [0.1, 0.15) is 55.9 Å². The molecule has 0 spiro atoms. The van der Waals surface area contributed by atoms with Crippen molar-refractivity contribution in [3.05, 3.63) is 58.7 Å². The Labute approximate surface area is 128 Å². The molecular formula is C21H24. The van der Waals surface area contributed by atoms with Crippen LogP contribution in [0.15, 0.2) is 36.4 Å². The van der Waals surface area contributed by atoms with E-state index < -0.39 is 0 Å². The highest BCUT2D eigenvalue weighted by Gasteiger charge is 2.42. The minimum absolute atomic E-state index is 0.165. The summed E-state index contributed by atoms with van der Waals surface area (Å²) in [5.41, 5.74) is 9.60. The van der Waals surface area contributed by atoms with E-state index in [1.54, 1.807) is 22.3 Å². The molecule has 0 heterocycles. The average molecular weight is 276 g/mol. The first-order chi connectivity index (χ1) is 10.1. The Morgan fingerprint density at radius 1 is 0.905 bits per heavy atom. The first kappa shape index (κ1) is 13.1. The molecule has 0 radical (unpaired) electrons. The van der Waals surface area contributed by atoms with Crippen LogP contribution in [-0.2, 0) is 18.3 Å². The molecule has 0 fully saturated rings. The predicted molar refractivity (Wildman–Crippen MR) is 89.8 cm³/mol. The molecule has 0 aromatic heterocycles. The summed E-state index contributed by atoms with van der Waals surface area (Å²) in [5, 5.41) is 0. The molecule has 1 atom stereocenters. The summed E-state index contributed by atoms with van der Waals surface area (Å²) in [7, 11) is 0. The van der Waals surface area contributed by atoms with Gasteiger partial charge >= 0.3 is 0 Å². The van der Waals surface area contributed by atoms with Gasteiger partial charge in [0.15, 0.2) is 0 Å². The third-order valence-corrected chi connectivity index (χ3v) is 6.00. The molecule has 2 aliphatic rings. The summed E-state index contributed by atoms with van der Waals surface area (Å²) in [4.78, 5) is 0. The second-order valence-electron chi connectivity index (χ2n) is 7.24. The van der Waals surface area contributed by atoms with Gasteiger partial charge in [-0.2, -0.15) is 0 Å². The smallest absolute Gasteiger partial charge is 0.0210 e. The van der Waals surface area contributed by atoms with E-state index in [0.29, 0.717) is 5.92 Å². The van der Waals surface area contributed by atoms with Crippen LogP contribution >= 0.6 is 0 Å². The molecule has 0 saturated heterocycles. The van der Waals surface area contributed by atoms with E-state index in [4.69, 9.17) is 0 Å². The summed E-state index contributed by atoms with van der Waals surface area (Å²) in [6, 6.07) is 14.0. The van der Waals surface area contributed by atoms with Gasteiger partial charge in [-0.05, 0) is 65.0 Å². The SMILES string of the molecule is CC(C)C1(C)c2ccccc2-c2c1ccc1c2CCCC1. The van der Waals surface area contributed by atoms with E-state index in [2.05, 4.69) is 57.2 Å². The number of hydrogen-bond acceptors (Lipinski definition) is 0. The Kier molecular flexibility index (Phi) is 2.79. The van der Waals surface area contributed by atoms with Gasteiger partial charge in [0.05, 0.1) is 0 Å². The van der Waals surface area contributed by atoms with E-state index in [1.165, 1.54) is 36.8 Å². The lowest BCUT2D eigenvalue weighted by Crippen LogP contribution is -2.27. The van der Waals surface area contributed by atoms with Crippen molar-refractivity contribution < 1.29 is 0 Å². The van der Waals surface area contributed by atoms with Crippen LogP contribution in [0.5, 0.6) is 0 Å². The van der Waals surface area contributed by atoms with Gasteiger partial charge < -0.3 is 0 Å². The standard InChI is InChI=1S/C21H24/c1-14(2)21(3)18-11-7-6-10-17(18)20-16-9-5-4-8-15(16)12-13-19(20)21/h6-7,10-14H,4-5,8-9H2,1-3H3. The van der Waals surface area contributed by atoms with Crippen molar-refractivity contribution in [2.24, 2.45) is 5.92 Å². The fourth-order valence-corrected chi connectivity index (χ4v) is 4.49. The van der Waals surface area contributed by atoms with Crippen LogP contribution in [0.25, 0.3) is 11.1 Å². The quantitative estimate of drug-likeness (QED) is 0.644. The Balaban J connectivity index is 2.08. The van der Waals surface area contributed by atoms with Gasteiger partial charge in [-0.25, -0.2) is 0 Å². The van der Waals surface area contributed by atoms with Gasteiger partial charge in [0.1, 0.15) is 0 Å². The summed E-state index contributed by atoms with van der Waals surface area (Å²) in [6.07, 6.45) is 5.24. The molecule has 2 aliphatic carbocycles. The van der Waals surface area contributed by atoms with Crippen LogP contribution < -0.4 is 0 Å². The molecule has 0 saturated carbocycles. The zero-order valence-electron chi connectivity index (χ0n) is 13.4. The lowest BCUT2D eigenvalue weighted by Gasteiger charge is -2.32. The Bertz CT molecular complexity index is 708. The fraction of sp³-hybridized carbons (Fsp3) is 0.429. The van der Waals surface area contributed by atoms with E-state index in [-0.39, 0.29) is 5.41 Å². The first-order valence-electron chi connectivity index (χ1n) is 8.39. The molecule has 0 aliphatic heterocycles. The van der Waals surface area contributed by atoms with E-state index in [1.807, 2.05) is 0 Å². The number of benzene rings is 2. The maximum Gasteiger partial charge on any atom is 0.0210 e. The van der Waals surface area contributed by atoms with Crippen LogP contribution in [0.3, 0.4) is 0 Å². The molecule has 0 bridgehead atoms. The molecule has 0 N–H and O–H groups in total. The molecule has 2 aromatic rings. The Morgan fingerprint density at radius 3 is 2.48 bits per heavy atom. The minimum atomic E-state index is 0.165. The molecule has 21 heavy (non-hydrogen) atoms. The molecule has 108 valence electrons. The van der Waals surface area contributed by atoms with Gasteiger partial charge in [-0.15, -0.1) is 0 Å². The molecule has 0 heteroatoms. The highest BCUT2D eigenvalue weighted by atomic mass is 14.5. The van der Waals surface area contributed by atoms with Gasteiger partial charge in [-0.3, -0.25) is 0 Å². The Morgan fingerprint density at radius 2 is 1.67 bits per heavy atom. The predicted octanol–water partition coefficient (Wildman–Crippen LogP) is 5.51. The number of fused-ring (bicyclic) bond motifs is 5. The van der Waals surface area contributed by atoms with Crippen molar-refractivity contribution in [3.8, 4) is 11.1 Å². The van der Waals surface area contributed by atoms with Crippen molar-refractivity contribution in [3.63, 3.8) is 0 Å². The molecule has 0 nitrogen and oxygen atoms in total. The third kappa shape index (κ3) is 1.62. The highest BCUT2D eigenvalue weighted by Crippen LogP contribution is 2.54. The van der Waals surface area contributed by atoms with Crippen molar-refractivity contribution in [1.29, 1.82) is 0 Å². The molecular weight excluding hydrogens is 252 g/mol. The monoisotopic (exact) mass is 276 g/mol. The lowest BCUT2D eigenvalue weighted by atomic mass is 9.71. The third-order valence-electron chi connectivity index (χ3n) is 6.00. The van der Waals surface area contributed by atoms with E-state index >= 15 is 0 Å². The van der Waals surface area contributed by atoms with Gasteiger partial charge in [-0.1, -0.05) is 57.2 Å². The average Bonchev–Trinajstić information content (AvgIpc) is 2.79. The fourth-order valence-electron chi connectivity index (χ4n) is 4.49. The number of rotatable bonds is 1. The summed E-state index contributed by atoms with van der Waals surface area (Å²) in [6.45, 7) is 7.17. The van der Waals surface area contributed by atoms with E-state index in [9.17, 15) is 0 Å². The second-order valence-corrected chi connectivity index (χ2v) is 7.24. The van der Waals surface area contributed by atoms with Crippen molar-refractivity contribution >= 4 is 0 Å². The lowest BCUT2D eigenvalue weighted by molar-refractivity contribution is 0.414. The van der Waals surface area contributed by atoms with Gasteiger partial charge in [0.2, 0.25) is 0 Å². The first-order valence-corrected chi connectivity index (χ1v) is 8.39. The molecule has 0 amide bonds. The summed E-state index contributed by atoms with van der Waals surface area (Å²) < 4.78 is 0. The zero-order chi connectivity index (χ0) is 14.6. The van der Waals surface area contributed by atoms with Crippen molar-refractivity contribution in [2.45, 2.75) is 51.9 Å². The largest absolute Gasteiger partial charge is 0.0619 e. The minimum Gasteiger partial charge on any atom is -0.0619 e.